The van der Waals surface area contributed by atoms with Crippen LogP contribution in [0, 0.1) is 0 Å². The van der Waals surface area contributed by atoms with Crippen LogP contribution in [0.2, 0.25) is 0 Å². The van der Waals surface area contributed by atoms with Crippen LogP contribution in [0.5, 0.6) is 0 Å². The Bertz CT molecular complexity index is 367. The Hall–Kier alpha value is -2.04. The Morgan fingerprint density at radius 1 is 1.27 bits per heavy atom. The molecule has 1 aromatic carbocycles. The number of nitrogens with two attached hydrogens (primary N) is 2. The zero-order valence-electron chi connectivity index (χ0n) is 8.18. The lowest BCUT2D eigenvalue weighted by Crippen LogP contribution is -2.21. The molecule has 1 rings (SSSR count). The van der Waals surface area contributed by atoms with Gasteiger partial charge in [-0.1, -0.05) is 12.1 Å². The standard InChI is InChI=1S/C10H13N3O2/c11-10(12)13-8-4-1-7(2-5-8)3-6-9(14)15/h1-2,4-5H,3,6H2,(H,14,15)(H4,11,12,13). The van der Waals surface area contributed by atoms with Crippen molar-refractivity contribution in [3.63, 3.8) is 0 Å². The lowest BCUT2D eigenvalue weighted by molar-refractivity contribution is -0.136. The summed E-state index contributed by atoms with van der Waals surface area (Å²) >= 11 is 0. The van der Waals surface area contributed by atoms with Gasteiger partial charge in [-0.05, 0) is 24.1 Å². The number of aliphatic imine (C=N–C) groups is 1. The highest BCUT2D eigenvalue weighted by atomic mass is 16.4. The smallest absolute Gasteiger partial charge is 0.303 e. The van der Waals surface area contributed by atoms with E-state index in [1.807, 2.05) is 12.1 Å². The monoisotopic (exact) mass is 207 g/mol. The molecule has 0 saturated carbocycles. The highest BCUT2D eigenvalue weighted by molar-refractivity contribution is 5.78. The Morgan fingerprint density at radius 2 is 1.87 bits per heavy atom. The summed E-state index contributed by atoms with van der Waals surface area (Å²) in [6.45, 7) is 0. The van der Waals surface area contributed by atoms with Crippen LogP contribution < -0.4 is 11.5 Å². The third-order valence-corrected chi connectivity index (χ3v) is 1.82. The van der Waals surface area contributed by atoms with E-state index < -0.39 is 5.97 Å². The summed E-state index contributed by atoms with van der Waals surface area (Å²) in [6.07, 6.45) is 0.638. The van der Waals surface area contributed by atoms with Gasteiger partial charge in [0.15, 0.2) is 5.96 Å². The molecule has 0 aliphatic carbocycles. The number of aryl methyl sites for hydroxylation is 1. The third kappa shape index (κ3) is 4.12. The number of carbonyl (C=O) groups is 1. The largest absolute Gasteiger partial charge is 0.481 e. The number of benzene rings is 1. The summed E-state index contributed by atoms with van der Waals surface area (Å²) < 4.78 is 0. The molecule has 5 N–H and O–H groups in total. The van der Waals surface area contributed by atoms with E-state index in [2.05, 4.69) is 4.99 Å². The van der Waals surface area contributed by atoms with E-state index in [0.29, 0.717) is 12.1 Å². The van der Waals surface area contributed by atoms with Gasteiger partial charge >= 0.3 is 5.97 Å². The number of guanidine groups is 1. The second-order valence-corrected chi connectivity index (χ2v) is 3.10. The Kier molecular flexibility index (Phi) is 3.68. The van der Waals surface area contributed by atoms with Crippen LogP contribution in [-0.4, -0.2) is 17.0 Å². The fourth-order valence-corrected chi connectivity index (χ4v) is 1.14. The van der Waals surface area contributed by atoms with E-state index in [1.165, 1.54) is 0 Å². The van der Waals surface area contributed by atoms with Crippen molar-refractivity contribution in [2.75, 3.05) is 0 Å². The van der Waals surface area contributed by atoms with E-state index in [4.69, 9.17) is 16.6 Å². The molecule has 0 saturated heterocycles. The van der Waals surface area contributed by atoms with Gasteiger partial charge in [-0.15, -0.1) is 0 Å². The zero-order chi connectivity index (χ0) is 11.3. The first-order valence-electron chi connectivity index (χ1n) is 4.48. The van der Waals surface area contributed by atoms with E-state index in [9.17, 15) is 4.79 Å². The van der Waals surface area contributed by atoms with Gasteiger partial charge in [-0.3, -0.25) is 4.79 Å². The molecule has 1 aromatic rings. The number of carboxylic acids is 1. The van der Waals surface area contributed by atoms with Crippen molar-refractivity contribution in [3.8, 4) is 0 Å². The molecule has 0 unspecified atom stereocenters. The summed E-state index contributed by atoms with van der Waals surface area (Å²) in [5.74, 6) is -0.795. The molecule has 0 amide bonds. The molecule has 0 spiro atoms. The van der Waals surface area contributed by atoms with Gasteiger partial charge in [-0.25, -0.2) is 4.99 Å². The number of hydrogen-bond donors (Lipinski definition) is 3. The van der Waals surface area contributed by atoms with Crippen molar-refractivity contribution < 1.29 is 9.90 Å². The fourth-order valence-electron chi connectivity index (χ4n) is 1.14. The number of carboxylic acid groups (broad SMARTS) is 1. The van der Waals surface area contributed by atoms with Crippen LogP contribution in [0.1, 0.15) is 12.0 Å². The molecule has 0 radical (unpaired) electrons. The van der Waals surface area contributed by atoms with Gasteiger partial charge in [0.05, 0.1) is 5.69 Å². The summed E-state index contributed by atoms with van der Waals surface area (Å²) in [4.78, 5) is 14.2. The lowest BCUT2D eigenvalue weighted by atomic mass is 10.1. The van der Waals surface area contributed by atoms with Crippen molar-refractivity contribution in [1.29, 1.82) is 0 Å². The van der Waals surface area contributed by atoms with Crippen LogP contribution in [0.3, 0.4) is 0 Å². The van der Waals surface area contributed by atoms with Gasteiger partial charge in [-0.2, -0.15) is 0 Å². The van der Waals surface area contributed by atoms with Crippen LogP contribution >= 0.6 is 0 Å². The summed E-state index contributed by atoms with van der Waals surface area (Å²) in [7, 11) is 0. The maximum absolute atomic E-state index is 10.3. The molecular formula is C10H13N3O2. The van der Waals surface area contributed by atoms with Gasteiger partial charge in [0, 0.05) is 6.42 Å². The molecule has 0 aliphatic heterocycles. The second-order valence-electron chi connectivity index (χ2n) is 3.10. The molecule has 0 aromatic heterocycles. The highest BCUT2D eigenvalue weighted by Crippen LogP contribution is 2.13. The Labute approximate surface area is 87.4 Å². The predicted molar refractivity (Wildman–Crippen MR) is 57.9 cm³/mol. The normalized spacial score (nSPS) is 9.60. The molecule has 0 atom stereocenters. The maximum atomic E-state index is 10.3. The molecule has 0 aliphatic rings. The lowest BCUT2D eigenvalue weighted by Gasteiger charge is -1.99. The summed E-state index contributed by atoms with van der Waals surface area (Å²) in [5, 5.41) is 8.49. The van der Waals surface area contributed by atoms with Crippen LogP contribution in [-0.2, 0) is 11.2 Å². The summed E-state index contributed by atoms with van der Waals surface area (Å²) in [5.41, 5.74) is 12.0. The summed E-state index contributed by atoms with van der Waals surface area (Å²) in [6, 6.07) is 7.11. The average molecular weight is 207 g/mol. The Balaban J connectivity index is 2.64. The molecule has 5 heteroatoms. The van der Waals surface area contributed by atoms with Crippen LogP contribution in [0.4, 0.5) is 5.69 Å². The number of nitrogens with zero attached hydrogens (tertiary/aromatic N) is 1. The SMILES string of the molecule is NC(N)=Nc1ccc(CCC(=O)O)cc1. The molecular weight excluding hydrogens is 194 g/mol. The second kappa shape index (κ2) is 4.99. The topological polar surface area (TPSA) is 102 Å². The maximum Gasteiger partial charge on any atom is 0.303 e. The first-order valence-corrected chi connectivity index (χ1v) is 4.48. The first-order chi connectivity index (χ1) is 7.08. The van der Waals surface area contributed by atoms with Crippen LogP contribution in [0.25, 0.3) is 0 Å². The Morgan fingerprint density at radius 3 is 2.33 bits per heavy atom. The number of aliphatic carboxylic acids is 1. The third-order valence-electron chi connectivity index (χ3n) is 1.82. The van der Waals surface area contributed by atoms with Gasteiger partial charge in [0.25, 0.3) is 0 Å². The van der Waals surface area contributed by atoms with Crippen LogP contribution in [0.15, 0.2) is 29.3 Å². The van der Waals surface area contributed by atoms with Gasteiger partial charge in [0.1, 0.15) is 0 Å². The van der Waals surface area contributed by atoms with Crippen molar-refractivity contribution in [3.05, 3.63) is 29.8 Å². The molecule has 80 valence electrons. The number of rotatable bonds is 4. The van der Waals surface area contributed by atoms with Gasteiger partial charge < -0.3 is 16.6 Å². The van der Waals surface area contributed by atoms with Crippen molar-refractivity contribution in [1.82, 2.24) is 0 Å². The predicted octanol–water partition coefficient (Wildman–Crippen LogP) is 0.609. The van der Waals surface area contributed by atoms with Crippen molar-refractivity contribution in [2.45, 2.75) is 12.8 Å². The number of hydrogen-bond acceptors (Lipinski definition) is 2. The van der Waals surface area contributed by atoms with E-state index in [-0.39, 0.29) is 12.4 Å². The van der Waals surface area contributed by atoms with E-state index >= 15 is 0 Å². The fraction of sp³-hybridized carbons (Fsp3) is 0.200. The molecule has 0 bridgehead atoms. The minimum atomic E-state index is -0.802. The van der Waals surface area contributed by atoms with E-state index in [0.717, 1.165) is 5.56 Å². The molecule has 0 heterocycles. The highest BCUT2D eigenvalue weighted by Gasteiger charge is 1.98. The zero-order valence-corrected chi connectivity index (χ0v) is 8.18. The van der Waals surface area contributed by atoms with E-state index in [1.54, 1.807) is 12.1 Å². The minimum absolute atomic E-state index is 0.00767. The quantitative estimate of drug-likeness (QED) is 0.497. The molecule has 5 nitrogen and oxygen atoms in total. The van der Waals surface area contributed by atoms with Gasteiger partial charge in [0.2, 0.25) is 0 Å². The van der Waals surface area contributed by atoms with Crippen molar-refractivity contribution >= 4 is 17.6 Å². The van der Waals surface area contributed by atoms with Crippen molar-refractivity contribution in [2.24, 2.45) is 16.5 Å². The first kappa shape index (κ1) is 11.0. The minimum Gasteiger partial charge on any atom is -0.481 e. The molecule has 0 fully saturated rings. The average Bonchev–Trinajstić information content (AvgIpc) is 2.16. The molecule has 15 heavy (non-hydrogen) atoms.